The minimum Gasteiger partial charge on any atom is -0.465 e. The van der Waals surface area contributed by atoms with Crippen LogP contribution in [0.25, 0.3) is 0 Å². The van der Waals surface area contributed by atoms with Crippen molar-refractivity contribution in [3.8, 4) is 0 Å². The Kier molecular flexibility index (Phi) is 16.7. The van der Waals surface area contributed by atoms with Crippen molar-refractivity contribution in [1.29, 1.82) is 0 Å². The highest BCUT2D eigenvalue weighted by atomic mass is 16.5. The standard InChI is InChI=1S/C29H52N6O7/c1-8-42-25(37)16-32-27(39)22(13-18(4)5)35-29(41)23(14-19(6)7)33-24(36)15-31-26(38)21(12-17(2)3)34-28(40)20-10-9-11-30-20/h17-23,30H,8-16H2,1-7H3,(H,31,38)(H,32,39)(H,33,36)(H,34,40)(H,35,41)/t20-,21-,22-,23-/m0/s1. The molecule has 1 heterocycles. The van der Waals surface area contributed by atoms with Crippen LogP contribution in [0.3, 0.4) is 0 Å². The predicted octanol–water partition coefficient (Wildman–Crippen LogP) is 0.127. The summed E-state index contributed by atoms with van der Waals surface area (Å²) in [6, 6.07) is -3.01. The van der Waals surface area contributed by atoms with Crippen LogP contribution in [0.4, 0.5) is 0 Å². The van der Waals surface area contributed by atoms with Crippen molar-refractivity contribution in [1.82, 2.24) is 31.9 Å². The van der Waals surface area contributed by atoms with Crippen molar-refractivity contribution in [3.05, 3.63) is 0 Å². The average Bonchev–Trinajstić information content (AvgIpc) is 3.44. The Morgan fingerprint density at radius 2 is 1.21 bits per heavy atom. The maximum atomic E-state index is 13.2. The van der Waals surface area contributed by atoms with Gasteiger partial charge in [-0.25, -0.2) is 0 Å². The van der Waals surface area contributed by atoms with Crippen molar-refractivity contribution in [3.63, 3.8) is 0 Å². The number of amides is 5. The van der Waals surface area contributed by atoms with Gasteiger partial charge in [-0.05, 0) is 63.3 Å². The van der Waals surface area contributed by atoms with E-state index in [0.717, 1.165) is 13.0 Å². The fourth-order valence-corrected chi connectivity index (χ4v) is 4.59. The summed E-state index contributed by atoms with van der Waals surface area (Å²) in [4.78, 5) is 76.0. The second-order valence-corrected chi connectivity index (χ2v) is 12.0. The molecule has 0 radical (unpaired) electrons. The Hall–Kier alpha value is -3.22. The summed E-state index contributed by atoms with van der Waals surface area (Å²) >= 11 is 0. The Labute approximate surface area is 249 Å². The van der Waals surface area contributed by atoms with Crippen LogP contribution < -0.4 is 31.9 Å². The first-order valence-corrected chi connectivity index (χ1v) is 15.1. The smallest absolute Gasteiger partial charge is 0.325 e. The van der Waals surface area contributed by atoms with Crippen molar-refractivity contribution >= 4 is 35.5 Å². The molecule has 0 bridgehead atoms. The molecule has 13 heteroatoms. The van der Waals surface area contributed by atoms with E-state index in [9.17, 15) is 28.8 Å². The molecule has 1 aliphatic rings. The van der Waals surface area contributed by atoms with Gasteiger partial charge in [-0.1, -0.05) is 41.5 Å². The lowest BCUT2D eigenvalue weighted by Crippen LogP contribution is -2.56. The Balaban J connectivity index is 2.82. The van der Waals surface area contributed by atoms with Crippen LogP contribution in [-0.2, 0) is 33.5 Å². The average molecular weight is 597 g/mol. The second kappa shape index (κ2) is 19.1. The van der Waals surface area contributed by atoms with Gasteiger partial charge in [-0.2, -0.15) is 0 Å². The van der Waals surface area contributed by atoms with Crippen LogP contribution >= 0.6 is 0 Å². The third-order valence-corrected chi connectivity index (χ3v) is 6.55. The molecule has 240 valence electrons. The highest BCUT2D eigenvalue weighted by Gasteiger charge is 2.30. The van der Waals surface area contributed by atoms with Gasteiger partial charge in [0.05, 0.1) is 19.2 Å². The molecule has 0 saturated carbocycles. The minimum atomic E-state index is -0.957. The van der Waals surface area contributed by atoms with Crippen LogP contribution in [0.1, 0.15) is 80.6 Å². The maximum Gasteiger partial charge on any atom is 0.325 e. The van der Waals surface area contributed by atoms with Gasteiger partial charge in [0.1, 0.15) is 24.7 Å². The number of hydrogen-bond acceptors (Lipinski definition) is 8. The molecule has 0 unspecified atom stereocenters. The van der Waals surface area contributed by atoms with Crippen molar-refractivity contribution in [2.24, 2.45) is 17.8 Å². The molecule has 1 aliphatic heterocycles. The quantitative estimate of drug-likeness (QED) is 0.121. The van der Waals surface area contributed by atoms with E-state index in [1.165, 1.54) is 0 Å². The van der Waals surface area contributed by atoms with Crippen LogP contribution in [0.2, 0.25) is 0 Å². The lowest BCUT2D eigenvalue weighted by molar-refractivity contribution is -0.143. The van der Waals surface area contributed by atoms with Crippen LogP contribution in [0, 0.1) is 17.8 Å². The summed E-state index contributed by atoms with van der Waals surface area (Å²) in [6.45, 7) is 13.3. The summed E-state index contributed by atoms with van der Waals surface area (Å²) in [5.74, 6) is -2.75. The molecule has 0 aromatic rings. The minimum absolute atomic E-state index is 0.0339. The third-order valence-electron chi connectivity index (χ3n) is 6.55. The van der Waals surface area contributed by atoms with E-state index in [0.29, 0.717) is 25.7 Å². The third kappa shape index (κ3) is 14.6. The number of rotatable bonds is 18. The molecular weight excluding hydrogens is 544 g/mol. The molecule has 0 spiro atoms. The zero-order valence-electron chi connectivity index (χ0n) is 26.3. The summed E-state index contributed by atoms with van der Waals surface area (Å²) in [6.07, 6.45) is 2.61. The lowest BCUT2D eigenvalue weighted by atomic mass is 10.00. The first-order chi connectivity index (χ1) is 19.7. The monoisotopic (exact) mass is 596 g/mol. The summed E-state index contributed by atoms with van der Waals surface area (Å²) in [5.41, 5.74) is 0. The van der Waals surface area contributed by atoms with Gasteiger partial charge in [-0.3, -0.25) is 28.8 Å². The molecule has 1 fully saturated rings. The number of ether oxygens (including phenoxy) is 1. The van der Waals surface area contributed by atoms with Gasteiger partial charge in [0.25, 0.3) is 0 Å². The largest absolute Gasteiger partial charge is 0.465 e. The molecule has 6 N–H and O–H groups in total. The number of esters is 1. The second-order valence-electron chi connectivity index (χ2n) is 12.0. The zero-order chi connectivity index (χ0) is 31.8. The number of carbonyl (C=O) groups excluding carboxylic acids is 6. The Morgan fingerprint density at radius 3 is 1.69 bits per heavy atom. The van der Waals surface area contributed by atoms with Crippen molar-refractivity contribution < 1.29 is 33.5 Å². The van der Waals surface area contributed by atoms with Crippen LogP contribution in [-0.4, -0.2) is 85.9 Å². The first kappa shape index (κ1) is 36.8. The molecule has 0 aromatic heterocycles. The molecule has 1 saturated heterocycles. The Morgan fingerprint density at radius 1 is 0.714 bits per heavy atom. The lowest BCUT2D eigenvalue weighted by Gasteiger charge is -2.25. The Bertz CT molecular complexity index is 918. The van der Waals surface area contributed by atoms with Crippen molar-refractivity contribution in [2.75, 3.05) is 26.2 Å². The molecule has 42 heavy (non-hydrogen) atoms. The van der Waals surface area contributed by atoms with E-state index in [4.69, 9.17) is 4.74 Å². The van der Waals surface area contributed by atoms with E-state index >= 15 is 0 Å². The molecule has 1 rings (SSSR count). The normalized spacial score (nSPS) is 16.9. The summed E-state index contributed by atoms with van der Waals surface area (Å²) in [7, 11) is 0. The van der Waals surface area contributed by atoms with Gasteiger partial charge < -0.3 is 36.6 Å². The maximum absolute atomic E-state index is 13.2. The van der Waals surface area contributed by atoms with E-state index in [-0.39, 0.29) is 49.4 Å². The summed E-state index contributed by atoms with van der Waals surface area (Å²) < 4.78 is 4.83. The fraction of sp³-hybridized carbons (Fsp3) is 0.793. The number of hydrogen-bond donors (Lipinski definition) is 6. The van der Waals surface area contributed by atoms with Crippen LogP contribution in [0.15, 0.2) is 0 Å². The first-order valence-electron chi connectivity index (χ1n) is 15.1. The molecule has 0 aromatic carbocycles. The fourth-order valence-electron chi connectivity index (χ4n) is 4.59. The zero-order valence-corrected chi connectivity index (χ0v) is 26.3. The van der Waals surface area contributed by atoms with Gasteiger partial charge in [0.15, 0.2) is 0 Å². The van der Waals surface area contributed by atoms with Gasteiger partial charge in [-0.15, -0.1) is 0 Å². The molecule has 4 atom stereocenters. The topological polar surface area (TPSA) is 184 Å². The highest BCUT2D eigenvalue weighted by Crippen LogP contribution is 2.10. The molecule has 5 amide bonds. The van der Waals surface area contributed by atoms with Gasteiger partial charge >= 0.3 is 5.97 Å². The van der Waals surface area contributed by atoms with Crippen molar-refractivity contribution in [2.45, 2.75) is 105 Å². The van der Waals surface area contributed by atoms with Crippen LogP contribution in [0.5, 0.6) is 0 Å². The molecule has 13 nitrogen and oxygen atoms in total. The molecule has 0 aliphatic carbocycles. The predicted molar refractivity (Wildman–Crippen MR) is 158 cm³/mol. The highest BCUT2D eigenvalue weighted by molar-refractivity contribution is 5.95. The number of carbonyl (C=O) groups is 6. The molecular formula is C29H52N6O7. The van der Waals surface area contributed by atoms with E-state index in [1.54, 1.807) is 6.92 Å². The van der Waals surface area contributed by atoms with E-state index in [2.05, 4.69) is 31.9 Å². The van der Waals surface area contributed by atoms with E-state index in [1.807, 2.05) is 41.5 Å². The van der Waals surface area contributed by atoms with Gasteiger partial charge in [0, 0.05) is 0 Å². The van der Waals surface area contributed by atoms with E-state index < -0.39 is 47.7 Å². The number of nitrogens with one attached hydrogen (secondary N) is 6. The SMILES string of the molecule is CCOC(=O)CNC(=O)[C@H](CC(C)C)NC(=O)[C@H](CC(C)C)NC(=O)CNC(=O)[C@H](CC(C)C)NC(=O)[C@@H]1CCCN1. The van der Waals surface area contributed by atoms with Gasteiger partial charge in [0.2, 0.25) is 29.5 Å². The summed E-state index contributed by atoms with van der Waals surface area (Å²) in [5, 5.41) is 16.3.